The lowest BCUT2D eigenvalue weighted by molar-refractivity contribution is -0.302. The van der Waals surface area contributed by atoms with Gasteiger partial charge < -0.3 is 23.7 Å². The molecule has 2 aliphatic heterocycles. The van der Waals surface area contributed by atoms with Gasteiger partial charge in [-0.1, -0.05) is 97.4 Å². The quantitative estimate of drug-likeness (QED) is 0.166. The number of hydrogen-bond acceptors (Lipinski definition) is 6. The number of fused-ring (bicyclic) bond motifs is 2. The maximum atomic E-state index is 14.1. The summed E-state index contributed by atoms with van der Waals surface area (Å²) in [6, 6.07) is 33.4. The Morgan fingerprint density at radius 3 is 2.11 bits per heavy atom. The molecule has 2 aliphatic rings. The number of ether oxygens (including phenoxy) is 5. The molecule has 4 atom stereocenters. The van der Waals surface area contributed by atoms with Crippen LogP contribution in [0.4, 0.5) is 0 Å². The van der Waals surface area contributed by atoms with E-state index in [9.17, 15) is 4.79 Å². The van der Waals surface area contributed by atoms with Gasteiger partial charge in [-0.2, -0.15) is 0 Å². The molecule has 0 unspecified atom stereocenters. The fourth-order valence-corrected chi connectivity index (χ4v) is 6.17. The lowest BCUT2D eigenvalue weighted by Gasteiger charge is -2.46. The Kier molecular flexibility index (Phi) is 9.17. The first-order valence-electron chi connectivity index (χ1n) is 15.2. The molecule has 0 radical (unpaired) electrons. The molecule has 4 aromatic carbocycles. The Labute approximate surface area is 263 Å². The number of benzene rings is 4. The van der Waals surface area contributed by atoms with Gasteiger partial charge in [0.1, 0.15) is 11.9 Å². The maximum Gasteiger partial charge on any atom is 0.226 e. The second-order valence-electron chi connectivity index (χ2n) is 11.3. The Balaban J connectivity index is 1.37. The average molecular weight is 613 g/mol. The average Bonchev–Trinajstić information content (AvgIpc) is 3.43. The Morgan fingerprint density at radius 1 is 0.818 bits per heavy atom. The summed E-state index contributed by atoms with van der Waals surface area (Å²) in [4.78, 5) is 14.1. The van der Waals surface area contributed by atoms with E-state index >= 15 is 0 Å². The molecule has 0 saturated carbocycles. The number of hydrogen-bond donors (Lipinski definition) is 0. The zero-order valence-electron chi connectivity index (χ0n) is 25.0. The SMILES string of the molecule is CCOc1ccc(Cc2cc([C@]34OC[C@](CC)(O3)C(=O)[C@H](OCc3ccccc3)[C@H]4OCc3ccccc3)ccc2Cl)cc1. The van der Waals surface area contributed by atoms with Gasteiger partial charge in [-0.15, -0.1) is 0 Å². The van der Waals surface area contributed by atoms with E-state index in [1.807, 2.05) is 117 Å². The summed E-state index contributed by atoms with van der Waals surface area (Å²) in [5.74, 6) is -0.714. The molecule has 0 aliphatic carbocycles. The Morgan fingerprint density at radius 2 is 1.48 bits per heavy atom. The predicted molar refractivity (Wildman–Crippen MR) is 169 cm³/mol. The molecule has 0 N–H and O–H groups in total. The summed E-state index contributed by atoms with van der Waals surface area (Å²) < 4.78 is 32.0. The topological polar surface area (TPSA) is 63.2 Å². The minimum Gasteiger partial charge on any atom is -0.494 e. The summed E-state index contributed by atoms with van der Waals surface area (Å²) in [7, 11) is 0. The molecule has 2 bridgehead atoms. The van der Waals surface area contributed by atoms with Crippen molar-refractivity contribution in [1.29, 1.82) is 0 Å². The highest BCUT2D eigenvalue weighted by Crippen LogP contribution is 2.51. The summed E-state index contributed by atoms with van der Waals surface area (Å²) in [6.07, 6.45) is -0.756. The van der Waals surface area contributed by atoms with Gasteiger partial charge in [0.15, 0.2) is 17.5 Å². The molecule has 2 heterocycles. The van der Waals surface area contributed by atoms with Crippen LogP contribution in [0.3, 0.4) is 0 Å². The molecule has 228 valence electrons. The Hall–Kier alpha value is -3.52. The molecule has 0 spiro atoms. The van der Waals surface area contributed by atoms with Gasteiger partial charge in [-0.3, -0.25) is 4.79 Å². The second-order valence-corrected chi connectivity index (χ2v) is 11.7. The van der Waals surface area contributed by atoms with Crippen molar-refractivity contribution in [3.05, 3.63) is 136 Å². The first kappa shape index (κ1) is 30.5. The van der Waals surface area contributed by atoms with Gasteiger partial charge >= 0.3 is 0 Å². The van der Waals surface area contributed by atoms with Crippen molar-refractivity contribution in [2.75, 3.05) is 13.2 Å². The molecule has 44 heavy (non-hydrogen) atoms. The van der Waals surface area contributed by atoms with Crippen molar-refractivity contribution in [2.45, 2.75) is 63.5 Å². The van der Waals surface area contributed by atoms with Crippen LogP contribution in [0, 0.1) is 0 Å². The summed E-state index contributed by atoms with van der Waals surface area (Å²) in [5, 5.41) is 0.629. The number of ketones is 1. The lowest BCUT2D eigenvalue weighted by Crippen LogP contribution is -2.63. The summed E-state index contributed by atoms with van der Waals surface area (Å²) in [5.41, 5.74) is 3.51. The van der Waals surface area contributed by atoms with Crippen molar-refractivity contribution < 1.29 is 28.5 Å². The molecule has 0 amide bonds. The highest BCUT2D eigenvalue weighted by atomic mass is 35.5. The zero-order valence-corrected chi connectivity index (χ0v) is 25.8. The fraction of sp³-hybridized carbons (Fsp3) is 0.324. The van der Waals surface area contributed by atoms with Crippen LogP contribution >= 0.6 is 11.6 Å². The third kappa shape index (κ3) is 6.06. The summed E-state index contributed by atoms with van der Waals surface area (Å²) >= 11 is 6.75. The molecular weight excluding hydrogens is 576 g/mol. The molecule has 6 rings (SSSR count). The maximum absolute atomic E-state index is 14.1. The number of halogens is 1. The van der Waals surface area contributed by atoms with Crippen molar-refractivity contribution in [2.24, 2.45) is 0 Å². The molecule has 0 aromatic heterocycles. The highest BCUT2D eigenvalue weighted by molar-refractivity contribution is 6.31. The fourth-order valence-electron chi connectivity index (χ4n) is 5.98. The number of rotatable bonds is 12. The Bertz CT molecular complexity index is 1560. The first-order chi connectivity index (χ1) is 21.5. The van der Waals surface area contributed by atoms with Crippen LogP contribution in [0.15, 0.2) is 103 Å². The van der Waals surface area contributed by atoms with Crippen LogP contribution in [0.5, 0.6) is 5.75 Å². The first-order valence-corrected chi connectivity index (χ1v) is 15.5. The molecule has 2 fully saturated rings. The van der Waals surface area contributed by atoms with Crippen molar-refractivity contribution in [3.8, 4) is 5.75 Å². The van der Waals surface area contributed by atoms with Gasteiger partial charge in [-0.05, 0) is 66.3 Å². The van der Waals surface area contributed by atoms with E-state index in [0.29, 0.717) is 24.5 Å². The number of carbonyl (C=O) groups excluding carboxylic acids is 1. The molecule has 4 aromatic rings. The van der Waals surface area contributed by atoms with Gasteiger partial charge in [0.2, 0.25) is 5.79 Å². The monoisotopic (exact) mass is 612 g/mol. The van der Waals surface area contributed by atoms with Crippen molar-refractivity contribution in [3.63, 3.8) is 0 Å². The smallest absolute Gasteiger partial charge is 0.226 e. The summed E-state index contributed by atoms with van der Waals surface area (Å²) in [6.45, 7) is 5.13. The van der Waals surface area contributed by atoms with E-state index in [2.05, 4.69) is 0 Å². The lowest BCUT2D eigenvalue weighted by atomic mass is 9.83. The van der Waals surface area contributed by atoms with E-state index in [0.717, 1.165) is 33.6 Å². The van der Waals surface area contributed by atoms with Crippen LogP contribution < -0.4 is 4.74 Å². The molecule has 2 saturated heterocycles. The van der Waals surface area contributed by atoms with Crippen molar-refractivity contribution >= 4 is 17.4 Å². The molecular formula is C37H37ClO6. The van der Waals surface area contributed by atoms with Gasteiger partial charge in [0.25, 0.3) is 0 Å². The zero-order chi connectivity index (χ0) is 30.6. The van der Waals surface area contributed by atoms with Crippen LogP contribution in [-0.4, -0.2) is 36.8 Å². The second kappa shape index (κ2) is 13.2. The van der Waals surface area contributed by atoms with E-state index < -0.39 is 23.6 Å². The highest BCUT2D eigenvalue weighted by Gasteiger charge is 2.68. The predicted octanol–water partition coefficient (Wildman–Crippen LogP) is 7.43. The third-order valence-corrected chi connectivity index (χ3v) is 8.79. The van der Waals surface area contributed by atoms with E-state index in [1.165, 1.54) is 0 Å². The number of carbonyl (C=O) groups is 1. The van der Waals surface area contributed by atoms with Crippen molar-refractivity contribution in [1.82, 2.24) is 0 Å². The minimum absolute atomic E-state index is 0.107. The van der Waals surface area contributed by atoms with Gasteiger partial charge in [0, 0.05) is 10.6 Å². The van der Waals surface area contributed by atoms with Crippen LogP contribution in [0.1, 0.15) is 48.1 Å². The third-order valence-electron chi connectivity index (χ3n) is 8.42. The molecule has 7 heteroatoms. The van der Waals surface area contributed by atoms with E-state index in [4.69, 9.17) is 35.3 Å². The van der Waals surface area contributed by atoms with E-state index in [-0.39, 0.29) is 25.6 Å². The number of Topliss-reactive ketones (excluding diaryl/α,β-unsaturated/α-hetero) is 1. The normalized spacial score (nSPS) is 24.4. The van der Waals surface area contributed by atoms with Crippen LogP contribution in [0.25, 0.3) is 0 Å². The standard InChI is InChI=1S/C37H37ClO6/c1-3-36-25-43-37(44-36,30-17-20-32(38)29(22-30)21-26-15-18-31(19-16-26)40-4-2)35(42-24-28-13-9-6-10-14-28)33(34(36)39)41-23-27-11-7-5-8-12-27/h5-20,22,33,35H,3-4,21,23-25H2,1-2H3/t33-,35+,36-,37-/m0/s1. The van der Waals surface area contributed by atoms with Gasteiger partial charge in [-0.25, -0.2) is 0 Å². The van der Waals surface area contributed by atoms with E-state index in [1.54, 1.807) is 0 Å². The molecule has 6 nitrogen and oxygen atoms in total. The van der Waals surface area contributed by atoms with Crippen LogP contribution in [-0.2, 0) is 49.2 Å². The van der Waals surface area contributed by atoms with Gasteiger partial charge in [0.05, 0.1) is 26.4 Å². The minimum atomic E-state index is -1.38. The van der Waals surface area contributed by atoms with Crippen LogP contribution in [0.2, 0.25) is 5.02 Å². The largest absolute Gasteiger partial charge is 0.494 e.